The van der Waals surface area contributed by atoms with Crippen LogP contribution >= 0.6 is 0 Å². The molecule has 0 rings (SSSR count). The third kappa shape index (κ3) is 19.2. The Labute approximate surface area is 140 Å². The van der Waals surface area contributed by atoms with Crippen LogP contribution in [0.3, 0.4) is 0 Å². The molecule has 0 aromatic heterocycles. The Morgan fingerprint density at radius 1 is 1.18 bits per heavy atom. The first-order valence-electron chi connectivity index (χ1n) is 3.89. The van der Waals surface area contributed by atoms with E-state index in [0.717, 1.165) is 0 Å². The van der Waals surface area contributed by atoms with Crippen LogP contribution < -0.4 is 56.7 Å². The molecule has 96 valence electrons. The topological polar surface area (TPSA) is 66.0 Å². The molecule has 0 saturated heterocycles. The number of nitrogens with one attached hydrogen (secondary N) is 1. The van der Waals surface area contributed by atoms with Crippen molar-refractivity contribution in [3.05, 3.63) is 7.05 Å². The van der Waals surface area contributed by atoms with E-state index in [9.17, 15) is 18.4 Å². The zero-order valence-corrected chi connectivity index (χ0v) is 13.1. The van der Waals surface area contributed by atoms with E-state index < -0.39 is 19.0 Å². The van der Waals surface area contributed by atoms with Crippen molar-refractivity contribution in [1.29, 1.82) is 0 Å². The van der Waals surface area contributed by atoms with Crippen molar-refractivity contribution in [2.45, 2.75) is 26.4 Å². The quantitative estimate of drug-likeness (QED) is 0.531. The van der Waals surface area contributed by atoms with Crippen LogP contribution in [0.1, 0.15) is 20.8 Å². The minimum atomic E-state index is -2.51. The molecule has 1 N–H and O–H groups in total. The van der Waals surface area contributed by atoms with E-state index in [1.165, 1.54) is 0 Å². The maximum absolute atomic E-state index is 10.4. The second kappa shape index (κ2) is 13.1. The average Bonchev–Trinajstić information content (AvgIpc) is 2.19. The molecule has 0 bridgehead atoms. The normalized spacial score (nSPS) is 9.35. The Bertz CT molecular complexity index is 187. The first kappa shape index (κ1) is 22.8. The summed E-state index contributed by atoms with van der Waals surface area (Å²) in [6.45, 7) is 5.38. The number of alkyl carbamates (subject to hydrolysis) is 1. The fourth-order valence-corrected chi connectivity index (χ4v) is 0.355. The fraction of sp³-hybridized carbons (Fsp3) is 0.667. The van der Waals surface area contributed by atoms with E-state index in [1.54, 1.807) is 20.8 Å². The van der Waals surface area contributed by atoms with Crippen LogP contribution in [0.25, 0.3) is 0 Å². The van der Waals surface area contributed by atoms with E-state index in [2.05, 4.69) is 26.9 Å². The van der Waals surface area contributed by atoms with Crippen molar-refractivity contribution >= 4 is 13.4 Å². The van der Waals surface area contributed by atoms with Gasteiger partial charge in [-0.2, -0.15) is 14.6 Å². The Morgan fingerprint density at radius 3 is 1.59 bits per heavy atom. The van der Waals surface area contributed by atoms with Crippen LogP contribution in [0.15, 0.2) is 0 Å². The maximum Gasteiger partial charge on any atom is 1.00 e. The van der Waals surface area contributed by atoms with Gasteiger partial charge in [0.25, 0.3) is 0 Å². The molecule has 0 fully saturated rings. The number of carbonyl (C=O) groups is 1. The summed E-state index contributed by atoms with van der Waals surface area (Å²) in [5.74, 6) is 0. The van der Waals surface area contributed by atoms with Crippen molar-refractivity contribution in [1.82, 2.24) is 5.32 Å². The van der Waals surface area contributed by atoms with Gasteiger partial charge < -0.3 is 10.1 Å². The molecule has 0 aromatic carbocycles. The summed E-state index contributed by atoms with van der Waals surface area (Å²) in [6, 6.07) is 0. The van der Waals surface area contributed by atoms with Crippen molar-refractivity contribution in [2.24, 2.45) is 0 Å². The number of hydrogen-bond acceptors (Lipinski definition) is 5. The first-order chi connectivity index (χ1) is 7.30. The van der Waals surface area contributed by atoms with Gasteiger partial charge in [0.2, 0.25) is 0 Å². The summed E-state index contributed by atoms with van der Waals surface area (Å²) < 4.78 is 36.1. The zero-order chi connectivity index (χ0) is 13.2. The molecular weight excluding hydrogens is 273 g/mol. The Kier molecular flexibility index (Phi) is 17.5. The molecule has 1 amide bonds. The molecule has 0 aromatic rings. The van der Waals surface area contributed by atoms with E-state index >= 15 is 0 Å². The van der Waals surface area contributed by atoms with E-state index in [-0.39, 0.29) is 51.4 Å². The number of carbonyl (C=O) groups excluding carboxylic acids is 1. The number of hydrogen-bond donors (Lipinski definition) is 1. The average molecular weight is 285 g/mol. The van der Waals surface area contributed by atoms with Crippen LogP contribution in [0, 0.1) is 7.05 Å². The molecule has 0 spiro atoms. The van der Waals surface area contributed by atoms with Gasteiger partial charge in [-0.3, -0.25) is 7.05 Å². The van der Waals surface area contributed by atoms with Gasteiger partial charge in [0.1, 0.15) is 5.60 Å². The second-order valence-corrected chi connectivity index (χ2v) is 3.23. The second-order valence-electron chi connectivity index (χ2n) is 3.23. The van der Waals surface area contributed by atoms with Crippen LogP contribution in [0.2, 0.25) is 0 Å². The van der Waals surface area contributed by atoms with Crippen molar-refractivity contribution < 1.29 is 89.1 Å². The molecule has 11 heteroatoms. The van der Waals surface area contributed by atoms with Gasteiger partial charge in [0.15, 0.2) is 0 Å². The first-order valence-corrected chi connectivity index (χ1v) is 3.89. The minimum absolute atomic E-state index is 0. The summed E-state index contributed by atoms with van der Waals surface area (Å²) in [5.41, 5.74) is -0.429. The van der Waals surface area contributed by atoms with Gasteiger partial charge in [-0.15, -0.1) is 0 Å². The monoisotopic (exact) mass is 285 g/mol. The largest absolute Gasteiger partial charge is 1.00 e. The number of rotatable bonds is 3. The third-order valence-corrected chi connectivity index (χ3v) is 0.761. The van der Waals surface area contributed by atoms with Crippen molar-refractivity contribution in [3.8, 4) is 0 Å². The summed E-state index contributed by atoms with van der Waals surface area (Å²) in [6.07, 6.45) is -0.498. The van der Waals surface area contributed by atoms with Gasteiger partial charge in [-0.05, 0) is 20.8 Å². The Morgan fingerprint density at radius 2 is 1.53 bits per heavy atom. The molecule has 0 radical (unpaired) electrons. The molecular formula is C6H12BF3KNO5. The summed E-state index contributed by atoms with van der Waals surface area (Å²) in [7, 11) is 0.631. The minimum Gasteiger partial charge on any atom is -0.473 e. The molecule has 0 atom stereocenters. The molecule has 0 aliphatic carbocycles. The van der Waals surface area contributed by atoms with Crippen LogP contribution in [-0.4, -0.2) is 19.0 Å². The SMILES string of the molecule is FOB(OF)OF.[CH2-]NC(=O)OC(C)(C)C.[K+]. The Balaban J connectivity index is -0.000000224. The summed E-state index contributed by atoms with van der Waals surface area (Å²) in [5, 5.41) is 2.11. The molecule has 6 nitrogen and oxygen atoms in total. The molecule has 0 aliphatic rings. The molecule has 0 saturated carbocycles. The van der Waals surface area contributed by atoms with Gasteiger partial charge in [-0.1, -0.05) is 13.6 Å². The predicted octanol–water partition coefficient (Wildman–Crippen LogP) is -1.02. The van der Waals surface area contributed by atoms with Gasteiger partial charge in [0, 0.05) is 0 Å². The molecule has 0 heterocycles. The van der Waals surface area contributed by atoms with Crippen LogP contribution in [0.5, 0.6) is 0 Å². The molecule has 0 unspecified atom stereocenters. The maximum atomic E-state index is 10.4. The smallest absolute Gasteiger partial charge is 0.473 e. The summed E-state index contributed by atoms with van der Waals surface area (Å²) >= 11 is 0. The third-order valence-electron chi connectivity index (χ3n) is 0.761. The van der Waals surface area contributed by atoms with Crippen molar-refractivity contribution in [3.63, 3.8) is 0 Å². The predicted molar refractivity (Wildman–Crippen MR) is 47.1 cm³/mol. The standard InChI is InChI=1S/C6H12NO2.BF3O3.K/c1-6(2,3)9-5(8)7-4;2-5-1(6-3)7-4;/h4H2,1-3H3,(H,7,8);;/q-1;;+1. The zero-order valence-electron chi connectivity index (χ0n) is 9.96. The van der Waals surface area contributed by atoms with Crippen LogP contribution in [0.4, 0.5) is 18.4 Å². The van der Waals surface area contributed by atoms with Gasteiger partial charge in [-0.25, -0.2) is 4.79 Å². The van der Waals surface area contributed by atoms with Crippen molar-refractivity contribution in [2.75, 3.05) is 0 Å². The fourth-order valence-electron chi connectivity index (χ4n) is 0.355. The molecule has 17 heavy (non-hydrogen) atoms. The number of amides is 1. The number of ether oxygens (including phenoxy) is 1. The Hall–Kier alpha value is 0.641. The number of halogens is 3. The molecule has 0 aliphatic heterocycles. The van der Waals surface area contributed by atoms with E-state index in [4.69, 9.17) is 4.74 Å². The summed E-state index contributed by atoms with van der Waals surface area (Å²) in [4.78, 5) is 17.5. The van der Waals surface area contributed by atoms with E-state index in [0.29, 0.717) is 0 Å². The van der Waals surface area contributed by atoms with E-state index in [1.807, 2.05) is 0 Å². The van der Waals surface area contributed by atoms with Crippen LogP contribution in [-0.2, 0) is 19.3 Å². The van der Waals surface area contributed by atoms with Gasteiger partial charge >= 0.3 is 64.8 Å². The van der Waals surface area contributed by atoms with Gasteiger partial charge in [0.05, 0.1) is 0 Å².